The minimum atomic E-state index is -0.0235. The van der Waals surface area contributed by atoms with Gasteiger partial charge in [-0.3, -0.25) is 4.79 Å². The number of hydrogen-bond acceptors (Lipinski definition) is 3. The van der Waals surface area contributed by atoms with E-state index < -0.39 is 0 Å². The molecule has 4 nitrogen and oxygen atoms in total. The van der Waals surface area contributed by atoms with E-state index in [1.165, 1.54) is 18.4 Å². The van der Waals surface area contributed by atoms with Crippen LogP contribution in [0, 0.1) is 5.92 Å². The minimum Gasteiger partial charge on any atom is -0.393 e. The van der Waals surface area contributed by atoms with Crippen LogP contribution in [-0.4, -0.2) is 17.7 Å². The number of benzene rings is 1. The molecule has 0 radical (unpaired) electrons. The molecule has 126 valence electrons. The molecule has 0 spiro atoms. The molecule has 1 aliphatic carbocycles. The van der Waals surface area contributed by atoms with Gasteiger partial charge in [-0.15, -0.1) is 0 Å². The van der Waals surface area contributed by atoms with Gasteiger partial charge in [0.15, 0.2) is 0 Å². The molecule has 24 heavy (non-hydrogen) atoms. The molecule has 0 amide bonds. The molecule has 4 heteroatoms. The summed E-state index contributed by atoms with van der Waals surface area (Å²) in [5.41, 5.74) is 8.91. The highest BCUT2D eigenvalue weighted by Crippen LogP contribution is 2.33. The van der Waals surface area contributed by atoms with Crippen LogP contribution in [0.5, 0.6) is 0 Å². The minimum absolute atomic E-state index is 0.0235. The third-order valence-electron chi connectivity index (χ3n) is 5.44. The molecule has 2 heterocycles. The fourth-order valence-electron chi connectivity index (χ4n) is 3.76. The van der Waals surface area contributed by atoms with Crippen molar-refractivity contribution in [3.63, 3.8) is 0 Å². The number of piperidine rings is 1. The summed E-state index contributed by atoms with van der Waals surface area (Å²) in [5.74, 6) is 1.29. The smallest absolute Gasteiger partial charge is 0.275 e. The zero-order chi connectivity index (χ0) is 16.5. The average molecular weight is 323 g/mol. The van der Waals surface area contributed by atoms with Gasteiger partial charge in [0.2, 0.25) is 0 Å². The van der Waals surface area contributed by atoms with E-state index >= 15 is 0 Å². The average Bonchev–Trinajstić information content (AvgIpc) is 3.44. The number of rotatable bonds is 4. The fourth-order valence-corrected chi connectivity index (χ4v) is 3.76. The van der Waals surface area contributed by atoms with E-state index in [1.807, 2.05) is 12.3 Å². The van der Waals surface area contributed by atoms with Crippen LogP contribution >= 0.6 is 0 Å². The molecule has 1 aromatic carbocycles. The maximum Gasteiger partial charge on any atom is 0.275 e. The van der Waals surface area contributed by atoms with Crippen LogP contribution in [0.3, 0.4) is 0 Å². The second-order valence-electron chi connectivity index (χ2n) is 7.19. The molecule has 2 fully saturated rings. The van der Waals surface area contributed by atoms with Crippen LogP contribution < -0.4 is 16.2 Å². The Kier molecular flexibility index (Phi) is 4.05. The normalized spacial score (nSPS) is 18.8. The van der Waals surface area contributed by atoms with Gasteiger partial charge in [-0.1, -0.05) is 30.3 Å². The molecular formula is C20H25N3O. The van der Waals surface area contributed by atoms with E-state index in [2.05, 4.69) is 35.2 Å². The molecule has 1 aromatic heterocycles. The Labute approximate surface area is 142 Å². The van der Waals surface area contributed by atoms with Crippen molar-refractivity contribution in [1.82, 2.24) is 4.57 Å². The van der Waals surface area contributed by atoms with Gasteiger partial charge in [-0.25, -0.2) is 0 Å². The molecule has 1 aliphatic heterocycles. The van der Waals surface area contributed by atoms with Crippen molar-refractivity contribution in [1.29, 1.82) is 0 Å². The molecule has 1 saturated carbocycles. The highest BCUT2D eigenvalue weighted by molar-refractivity contribution is 5.66. The summed E-state index contributed by atoms with van der Waals surface area (Å²) in [5, 5.41) is 0. The number of anilines is 2. The van der Waals surface area contributed by atoms with Crippen LogP contribution in [0.1, 0.15) is 37.2 Å². The van der Waals surface area contributed by atoms with Crippen LogP contribution in [0.2, 0.25) is 0 Å². The molecule has 2 aliphatic rings. The van der Waals surface area contributed by atoms with E-state index in [9.17, 15) is 4.79 Å². The summed E-state index contributed by atoms with van der Waals surface area (Å²) in [6, 6.07) is 12.7. The first-order valence-electron chi connectivity index (χ1n) is 9.01. The lowest BCUT2D eigenvalue weighted by molar-refractivity contribution is 0.505. The predicted molar refractivity (Wildman–Crippen MR) is 98.5 cm³/mol. The number of nitrogens with zero attached hydrogens (tertiary/aromatic N) is 2. The number of hydrogen-bond donors (Lipinski definition) is 1. The first-order chi connectivity index (χ1) is 11.7. The third kappa shape index (κ3) is 3.05. The summed E-state index contributed by atoms with van der Waals surface area (Å²) in [4.78, 5) is 14.8. The molecule has 0 atom stereocenters. The predicted octanol–water partition coefficient (Wildman–Crippen LogP) is 3.22. The topological polar surface area (TPSA) is 51.3 Å². The van der Waals surface area contributed by atoms with Crippen molar-refractivity contribution in [2.24, 2.45) is 5.92 Å². The molecule has 2 N–H and O–H groups in total. The Morgan fingerprint density at radius 3 is 2.38 bits per heavy atom. The monoisotopic (exact) mass is 323 g/mol. The summed E-state index contributed by atoms with van der Waals surface area (Å²) in [6.45, 7) is 2.73. The van der Waals surface area contributed by atoms with Gasteiger partial charge in [-0.2, -0.15) is 0 Å². The number of nitrogen functional groups attached to an aromatic ring is 1. The molecular weight excluding hydrogens is 298 g/mol. The molecule has 0 unspecified atom stereocenters. The lowest BCUT2D eigenvalue weighted by Crippen LogP contribution is -2.35. The van der Waals surface area contributed by atoms with Gasteiger partial charge in [0.05, 0.1) is 5.69 Å². The zero-order valence-electron chi connectivity index (χ0n) is 14.0. The SMILES string of the molecule is Nc1c(N2CCC(c3ccccc3)CC2)ccn(CC2CC2)c1=O. The third-order valence-corrected chi connectivity index (χ3v) is 5.44. The standard InChI is InChI=1S/C20H25N3O/c21-19-18(10-13-23(20(19)24)14-15-6-7-15)22-11-8-17(9-12-22)16-4-2-1-3-5-16/h1-5,10,13,15,17H,6-9,11-12,14,21H2. The second-order valence-corrected chi connectivity index (χ2v) is 7.19. The van der Waals surface area contributed by atoms with Gasteiger partial charge in [0.1, 0.15) is 5.69 Å². The number of pyridine rings is 1. The summed E-state index contributed by atoms with van der Waals surface area (Å²) >= 11 is 0. The van der Waals surface area contributed by atoms with Crippen molar-refractivity contribution in [2.45, 2.75) is 38.1 Å². The second kappa shape index (κ2) is 6.34. The van der Waals surface area contributed by atoms with Gasteiger partial charge < -0.3 is 15.2 Å². The van der Waals surface area contributed by atoms with Gasteiger partial charge >= 0.3 is 0 Å². The lowest BCUT2D eigenvalue weighted by Gasteiger charge is -2.34. The zero-order valence-corrected chi connectivity index (χ0v) is 14.0. The van der Waals surface area contributed by atoms with Crippen molar-refractivity contribution < 1.29 is 0 Å². The van der Waals surface area contributed by atoms with Crippen LogP contribution in [0.4, 0.5) is 11.4 Å². The maximum atomic E-state index is 12.5. The van der Waals surface area contributed by atoms with E-state index in [-0.39, 0.29) is 5.56 Å². The molecule has 4 rings (SSSR count). The largest absolute Gasteiger partial charge is 0.393 e. The summed E-state index contributed by atoms with van der Waals surface area (Å²) in [6.07, 6.45) is 6.61. The quantitative estimate of drug-likeness (QED) is 0.940. The fraction of sp³-hybridized carbons (Fsp3) is 0.450. The molecule has 1 saturated heterocycles. The van der Waals surface area contributed by atoms with Gasteiger partial charge in [-0.05, 0) is 49.1 Å². The first kappa shape index (κ1) is 15.3. The van der Waals surface area contributed by atoms with Crippen molar-refractivity contribution in [2.75, 3.05) is 23.7 Å². The highest BCUT2D eigenvalue weighted by atomic mass is 16.1. The van der Waals surface area contributed by atoms with Gasteiger partial charge in [0, 0.05) is 25.8 Å². The van der Waals surface area contributed by atoms with E-state index in [1.54, 1.807) is 4.57 Å². The first-order valence-corrected chi connectivity index (χ1v) is 9.01. The lowest BCUT2D eigenvalue weighted by atomic mass is 9.89. The summed E-state index contributed by atoms with van der Waals surface area (Å²) < 4.78 is 1.78. The Balaban J connectivity index is 1.47. The number of aromatic nitrogens is 1. The Bertz CT molecular complexity index is 756. The Morgan fingerprint density at radius 2 is 1.71 bits per heavy atom. The molecule has 2 aromatic rings. The Morgan fingerprint density at radius 1 is 1.00 bits per heavy atom. The summed E-state index contributed by atoms with van der Waals surface area (Å²) in [7, 11) is 0. The number of nitrogens with two attached hydrogens (primary N) is 1. The van der Waals surface area contributed by atoms with Gasteiger partial charge in [0.25, 0.3) is 5.56 Å². The maximum absolute atomic E-state index is 12.5. The van der Waals surface area contributed by atoms with E-state index in [4.69, 9.17) is 5.73 Å². The molecule has 0 bridgehead atoms. The van der Waals surface area contributed by atoms with Crippen molar-refractivity contribution in [3.8, 4) is 0 Å². The van der Waals surface area contributed by atoms with Crippen LogP contribution in [0.25, 0.3) is 0 Å². The van der Waals surface area contributed by atoms with Crippen LogP contribution in [-0.2, 0) is 6.54 Å². The Hall–Kier alpha value is -2.23. The highest BCUT2D eigenvalue weighted by Gasteiger charge is 2.25. The van der Waals surface area contributed by atoms with Crippen molar-refractivity contribution >= 4 is 11.4 Å². The van der Waals surface area contributed by atoms with Crippen molar-refractivity contribution in [3.05, 3.63) is 58.5 Å². The van der Waals surface area contributed by atoms with Crippen LogP contribution in [0.15, 0.2) is 47.4 Å². The van der Waals surface area contributed by atoms with E-state index in [0.717, 1.165) is 38.2 Å². The van der Waals surface area contributed by atoms with E-state index in [0.29, 0.717) is 17.5 Å².